The van der Waals surface area contributed by atoms with E-state index < -0.39 is 0 Å². The molecule has 4 unspecified atom stereocenters. The highest BCUT2D eigenvalue weighted by Crippen LogP contribution is 2.60. The summed E-state index contributed by atoms with van der Waals surface area (Å²) in [5.74, 6) is 13.8. The number of morpholine rings is 3. The van der Waals surface area contributed by atoms with E-state index in [4.69, 9.17) is 52.1 Å². The van der Waals surface area contributed by atoms with Gasteiger partial charge in [-0.1, -0.05) is 75.7 Å². The maximum Gasteiger partial charge on any atom is 0.106 e. The number of likely N-dealkylation sites (tertiary alicyclic amines) is 1. The molecule has 15 nitrogen and oxygen atoms in total. The van der Waals surface area contributed by atoms with Crippen molar-refractivity contribution >= 4 is 0 Å². The molecule has 7 spiro atoms. The molecule has 0 aromatic heterocycles. The van der Waals surface area contributed by atoms with Crippen molar-refractivity contribution in [3.8, 4) is 0 Å². The molecule has 18 rings (SSSR count). The van der Waals surface area contributed by atoms with Crippen LogP contribution in [0.3, 0.4) is 0 Å². The monoisotopic (exact) mass is 1540 g/mol. The number of fused-ring (bicyclic) bond motifs is 2. The van der Waals surface area contributed by atoms with Crippen molar-refractivity contribution in [2.75, 3.05) is 151 Å². The molecule has 6 aliphatic carbocycles. The maximum absolute atomic E-state index is 5.91. The Hall–Kier alpha value is -0.600. The summed E-state index contributed by atoms with van der Waals surface area (Å²) in [6.07, 6.45) is 37.2. The molecule has 0 aromatic carbocycles. The minimum absolute atomic E-state index is 0.0303. The Morgan fingerprint density at radius 3 is 0.725 bits per heavy atom. The normalized spacial score (nSPS) is 38.7. The molecule has 15 heteroatoms. The molecular weight excluding hydrogens is 1360 g/mol. The molecule has 12 heterocycles. The van der Waals surface area contributed by atoms with Gasteiger partial charge in [-0.3, -0.25) is 14.7 Å². The van der Waals surface area contributed by atoms with Gasteiger partial charge in [0.1, 0.15) is 16.8 Å². The summed E-state index contributed by atoms with van der Waals surface area (Å²) in [7, 11) is 0. The van der Waals surface area contributed by atoms with Crippen LogP contribution < -0.4 is 0 Å². The van der Waals surface area contributed by atoms with E-state index in [1.807, 2.05) is 0 Å². The molecule has 12 saturated heterocycles. The van der Waals surface area contributed by atoms with Gasteiger partial charge in [0.15, 0.2) is 0 Å². The number of hydrogen-bond donors (Lipinski definition) is 0. The van der Waals surface area contributed by atoms with Gasteiger partial charge in [-0.05, 0) is 292 Å². The summed E-state index contributed by atoms with van der Waals surface area (Å²) in [6, 6.07) is 2.59. The van der Waals surface area contributed by atoms with Gasteiger partial charge in [0.25, 0.3) is 0 Å². The summed E-state index contributed by atoms with van der Waals surface area (Å²) >= 11 is 0. The molecule has 636 valence electrons. The van der Waals surface area contributed by atoms with Gasteiger partial charge in [0.2, 0.25) is 0 Å². The molecule has 0 aromatic rings. The topological polar surface area (TPSA) is 114 Å². The van der Waals surface area contributed by atoms with Crippen LogP contribution in [0.25, 0.3) is 0 Å². The summed E-state index contributed by atoms with van der Waals surface area (Å²) in [4.78, 5) is 10.0. The standard InChI is InChI=1S/3C12H22O.C11H21NO.3C10H19NO2.C9H16.C8H14O/c3*1-10(2)11-4-7-12(8-5-11)6-3-9-13-12;1-10(2)12-7-5-11(6-8-12)4-3-9-13-11;3*1-9(2)11-4-6-13-10(7-11)3-5-12-8-10;1-6(2)9-7-4-3-5-8(7)9;1-5(2)8-6-3-9-4-7(6)8/h3*10-11H,3-9H2,1-2H3;10H,3-9H2,1-2H3;3*9H,3-8H2,1-2H3;6-9H,3-5H2,1-2H3;5-8H,3-4H2,1-2H3/t;;;;2*10-;;7-,8+,9?;/m....10.../s1. The first kappa shape index (κ1) is 90.7. The summed E-state index contributed by atoms with van der Waals surface area (Å²) in [5, 5.41) is 0. The third-order valence-corrected chi connectivity index (χ3v) is 31.1. The van der Waals surface area contributed by atoms with Crippen LogP contribution in [0.1, 0.15) is 304 Å². The van der Waals surface area contributed by atoms with Gasteiger partial charge in [0, 0.05) is 142 Å². The van der Waals surface area contributed by atoms with Gasteiger partial charge in [-0.25, -0.2) is 0 Å². The van der Waals surface area contributed by atoms with Crippen LogP contribution in [0, 0.1) is 82.9 Å². The first-order valence-electron chi connectivity index (χ1n) is 46.9. The van der Waals surface area contributed by atoms with E-state index >= 15 is 0 Å². The highest BCUT2D eigenvalue weighted by molar-refractivity contribution is 5.04. The largest absolute Gasteiger partial charge is 0.381 e. The zero-order chi connectivity index (χ0) is 78.0. The number of rotatable bonds is 9. The van der Waals surface area contributed by atoms with Crippen LogP contribution in [0.2, 0.25) is 0 Å². The third kappa shape index (κ3) is 26.0. The second-order valence-corrected chi connectivity index (χ2v) is 41.4. The minimum atomic E-state index is 0.0303. The van der Waals surface area contributed by atoms with Gasteiger partial charge >= 0.3 is 0 Å². The van der Waals surface area contributed by atoms with Crippen molar-refractivity contribution in [1.29, 1.82) is 0 Å². The van der Waals surface area contributed by atoms with Crippen molar-refractivity contribution < 1.29 is 52.1 Å². The van der Waals surface area contributed by atoms with E-state index in [0.29, 0.717) is 46.6 Å². The van der Waals surface area contributed by atoms with E-state index in [0.717, 1.165) is 229 Å². The molecule has 0 bridgehead atoms. The first-order chi connectivity index (χ1) is 52.1. The Bertz CT molecular complexity index is 2180. The molecule has 18 fully saturated rings. The third-order valence-electron chi connectivity index (χ3n) is 31.1. The van der Waals surface area contributed by atoms with Gasteiger partial charge in [-0.2, -0.15) is 0 Å². The fourth-order valence-corrected chi connectivity index (χ4v) is 23.1. The lowest BCUT2D eigenvalue weighted by molar-refractivity contribution is -0.115. The fraction of sp³-hybridized carbons (Fsp3) is 1.00. The Labute approximate surface area is 670 Å². The molecule has 8 atom stereocenters. The molecule has 12 aliphatic heterocycles. The Morgan fingerprint density at radius 1 is 0.229 bits per heavy atom. The first-order valence-corrected chi connectivity index (χ1v) is 46.9. The Kier molecular flexibility index (Phi) is 35.3. The number of hydrogen-bond acceptors (Lipinski definition) is 15. The number of piperidine rings is 1. The molecular formula is C94H174N4O11. The SMILES string of the molecule is CC(C)C1C2COCC21.CC(C)C1CCC2(CCCO2)CC1.CC(C)C1CCC2(CCCO2)CC1.CC(C)C1CCC2(CCCO2)CC1.CC(C)C1[C@H]2CCC[C@@H]12.CC(C)N1CCC2(CCCO2)CC1.CC(C)N1CCOC2(CCOC2)C1.CC(C)N1CCO[C@@]2(CCOC2)C1.CC(C)N1CCO[C@]2(CCOC2)C1. The Morgan fingerprint density at radius 2 is 0.505 bits per heavy atom. The maximum atomic E-state index is 5.91. The van der Waals surface area contributed by atoms with Gasteiger partial charge in [-0.15, -0.1) is 0 Å². The lowest BCUT2D eigenvalue weighted by Gasteiger charge is -2.41. The van der Waals surface area contributed by atoms with Gasteiger partial charge in [0.05, 0.1) is 75.3 Å². The van der Waals surface area contributed by atoms with E-state index in [1.54, 1.807) is 12.8 Å². The van der Waals surface area contributed by atoms with E-state index in [9.17, 15) is 0 Å². The van der Waals surface area contributed by atoms with Crippen LogP contribution in [0.15, 0.2) is 0 Å². The molecule has 6 saturated carbocycles. The van der Waals surface area contributed by atoms with Crippen molar-refractivity contribution in [3.63, 3.8) is 0 Å². The van der Waals surface area contributed by atoms with Crippen molar-refractivity contribution in [2.45, 2.75) is 368 Å². The molecule has 0 amide bonds. The van der Waals surface area contributed by atoms with Crippen LogP contribution >= 0.6 is 0 Å². The molecule has 18 aliphatic rings. The summed E-state index contributed by atoms with van der Waals surface area (Å²) in [5.41, 5.74) is 1.40. The summed E-state index contributed by atoms with van der Waals surface area (Å²) < 4.78 is 62.7. The number of ether oxygens (including phenoxy) is 11. The number of nitrogens with zero attached hydrogens (tertiary/aromatic N) is 4. The zero-order valence-corrected chi connectivity index (χ0v) is 74.2. The average Bonchev–Trinajstić information content (AvgIpc) is 1.60. The summed E-state index contributed by atoms with van der Waals surface area (Å²) in [6.45, 7) is 64.1. The zero-order valence-electron chi connectivity index (χ0n) is 74.2. The smallest absolute Gasteiger partial charge is 0.106 e. The second-order valence-electron chi connectivity index (χ2n) is 41.4. The highest BCUT2D eigenvalue weighted by atomic mass is 16.6. The average molecular weight is 1540 g/mol. The lowest BCUT2D eigenvalue weighted by Crippen LogP contribution is -2.54. The van der Waals surface area contributed by atoms with Crippen molar-refractivity contribution in [2.24, 2.45) is 82.9 Å². The molecule has 0 N–H and O–H groups in total. The van der Waals surface area contributed by atoms with Crippen LogP contribution in [-0.2, 0) is 52.1 Å². The van der Waals surface area contributed by atoms with Crippen LogP contribution in [0.4, 0.5) is 0 Å². The van der Waals surface area contributed by atoms with Crippen molar-refractivity contribution in [1.82, 2.24) is 19.6 Å². The highest BCUT2D eigenvalue weighted by Gasteiger charge is 2.56. The molecule has 0 radical (unpaired) electrons. The van der Waals surface area contributed by atoms with E-state index in [2.05, 4.69) is 144 Å². The fourth-order valence-electron chi connectivity index (χ4n) is 23.1. The van der Waals surface area contributed by atoms with Crippen LogP contribution in [-0.4, -0.2) is 234 Å². The minimum Gasteiger partial charge on any atom is -0.381 e. The quantitative estimate of drug-likeness (QED) is 0.218. The van der Waals surface area contributed by atoms with E-state index in [-0.39, 0.29) is 16.8 Å². The predicted molar refractivity (Wildman–Crippen MR) is 446 cm³/mol. The van der Waals surface area contributed by atoms with Crippen LogP contribution in [0.5, 0.6) is 0 Å². The van der Waals surface area contributed by atoms with Gasteiger partial charge < -0.3 is 57.0 Å². The lowest BCUT2D eigenvalue weighted by atomic mass is 9.74. The second kappa shape index (κ2) is 42.4. The Balaban J connectivity index is 0.000000131. The van der Waals surface area contributed by atoms with Crippen molar-refractivity contribution in [3.05, 3.63) is 0 Å². The predicted octanol–water partition coefficient (Wildman–Crippen LogP) is 19.1. The molecule has 109 heavy (non-hydrogen) atoms. The van der Waals surface area contributed by atoms with E-state index in [1.165, 1.54) is 173 Å².